The molecule has 96 valence electrons. The minimum atomic E-state index is 0.0323. The second-order valence-electron chi connectivity index (χ2n) is 5.22. The summed E-state index contributed by atoms with van der Waals surface area (Å²) in [6, 6.07) is 8.34. The molecule has 2 heterocycles. The van der Waals surface area contributed by atoms with Crippen LogP contribution in [-0.4, -0.2) is 25.0 Å². The third-order valence-electron chi connectivity index (χ3n) is 3.98. The third kappa shape index (κ3) is 2.15. The minimum Gasteiger partial charge on any atom is -0.311 e. The van der Waals surface area contributed by atoms with Gasteiger partial charge in [0.05, 0.1) is 6.04 Å². The summed E-state index contributed by atoms with van der Waals surface area (Å²) in [7, 11) is 0. The van der Waals surface area contributed by atoms with Crippen LogP contribution in [0.15, 0.2) is 24.3 Å². The van der Waals surface area contributed by atoms with E-state index in [0.29, 0.717) is 0 Å². The zero-order valence-electron chi connectivity index (χ0n) is 10.7. The normalized spacial score (nSPS) is 23.6. The van der Waals surface area contributed by atoms with Gasteiger partial charge in [0.25, 0.3) is 0 Å². The van der Waals surface area contributed by atoms with Crippen LogP contribution >= 0.6 is 0 Å². The van der Waals surface area contributed by atoms with E-state index in [-0.39, 0.29) is 11.9 Å². The Labute approximate surface area is 108 Å². The van der Waals surface area contributed by atoms with Crippen molar-refractivity contribution in [1.82, 2.24) is 5.32 Å². The van der Waals surface area contributed by atoms with Crippen LogP contribution in [0, 0.1) is 0 Å². The highest BCUT2D eigenvalue weighted by Crippen LogP contribution is 2.27. The quantitative estimate of drug-likeness (QED) is 0.820. The second kappa shape index (κ2) is 5.11. The number of anilines is 1. The highest BCUT2D eigenvalue weighted by atomic mass is 16.2. The van der Waals surface area contributed by atoms with Gasteiger partial charge >= 0.3 is 0 Å². The largest absolute Gasteiger partial charge is 0.311 e. The van der Waals surface area contributed by atoms with Crippen molar-refractivity contribution in [2.75, 3.05) is 18.0 Å². The molecule has 1 unspecified atom stereocenters. The van der Waals surface area contributed by atoms with Gasteiger partial charge in [-0.3, -0.25) is 4.79 Å². The Hall–Kier alpha value is -1.35. The van der Waals surface area contributed by atoms with Crippen molar-refractivity contribution < 1.29 is 4.79 Å². The second-order valence-corrected chi connectivity index (χ2v) is 5.22. The van der Waals surface area contributed by atoms with Crippen molar-refractivity contribution in [3.8, 4) is 0 Å². The highest BCUT2D eigenvalue weighted by Gasteiger charge is 2.29. The molecule has 1 aromatic carbocycles. The first-order valence-electron chi connectivity index (χ1n) is 6.99. The lowest BCUT2D eigenvalue weighted by Gasteiger charge is -2.34. The van der Waals surface area contributed by atoms with Gasteiger partial charge in [-0.2, -0.15) is 0 Å². The van der Waals surface area contributed by atoms with E-state index < -0.39 is 0 Å². The number of nitrogens with zero attached hydrogens (tertiary/aromatic N) is 1. The molecule has 1 saturated heterocycles. The average molecular weight is 244 g/mol. The van der Waals surface area contributed by atoms with Gasteiger partial charge < -0.3 is 10.2 Å². The molecule has 0 aromatic heterocycles. The van der Waals surface area contributed by atoms with Gasteiger partial charge in [-0.25, -0.2) is 0 Å². The summed E-state index contributed by atoms with van der Waals surface area (Å²) in [5.41, 5.74) is 2.44. The SMILES string of the molecule is O=C(C1CCCCN1)N1CCCc2ccccc21. The number of amides is 1. The summed E-state index contributed by atoms with van der Waals surface area (Å²) >= 11 is 0. The molecular weight excluding hydrogens is 224 g/mol. The Bertz CT molecular complexity index is 438. The number of rotatable bonds is 1. The molecular formula is C15H20N2O. The van der Waals surface area contributed by atoms with Gasteiger partial charge in [-0.05, 0) is 43.9 Å². The van der Waals surface area contributed by atoms with Crippen LogP contribution in [-0.2, 0) is 11.2 Å². The fourth-order valence-electron chi connectivity index (χ4n) is 3.01. The molecule has 1 fully saturated rings. The third-order valence-corrected chi connectivity index (χ3v) is 3.98. The van der Waals surface area contributed by atoms with Crippen LogP contribution in [0.25, 0.3) is 0 Å². The van der Waals surface area contributed by atoms with Gasteiger partial charge in [0.15, 0.2) is 0 Å². The van der Waals surface area contributed by atoms with Crippen molar-refractivity contribution in [2.45, 2.75) is 38.1 Å². The Morgan fingerprint density at radius 3 is 2.94 bits per heavy atom. The van der Waals surface area contributed by atoms with E-state index in [2.05, 4.69) is 23.5 Å². The summed E-state index contributed by atoms with van der Waals surface area (Å²) in [4.78, 5) is 14.6. The van der Waals surface area contributed by atoms with Crippen molar-refractivity contribution in [3.05, 3.63) is 29.8 Å². The molecule has 0 bridgehead atoms. The number of carbonyl (C=O) groups excluding carboxylic acids is 1. The van der Waals surface area contributed by atoms with Crippen LogP contribution in [0.4, 0.5) is 5.69 Å². The number of carbonyl (C=O) groups is 1. The highest BCUT2D eigenvalue weighted by molar-refractivity contribution is 5.98. The summed E-state index contributed by atoms with van der Waals surface area (Å²) in [6.45, 7) is 1.85. The van der Waals surface area contributed by atoms with E-state index in [9.17, 15) is 4.79 Å². The Morgan fingerprint density at radius 2 is 2.11 bits per heavy atom. The first kappa shape index (κ1) is 11.7. The molecule has 2 aliphatic heterocycles. The minimum absolute atomic E-state index is 0.0323. The number of hydrogen-bond acceptors (Lipinski definition) is 2. The molecule has 0 spiro atoms. The summed E-state index contributed by atoms with van der Waals surface area (Å²) in [6.07, 6.45) is 5.52. The maximum absolute atomic E-state index is 12.6. The van der Waals surface area contributed by atoms with Crippen molar-refractivity contribution in [3.63, 3.8) is 0 Å². The van der Waals surface area contributed by atoms with E-state index in [4.69, 9.17) is 0 Å². The van der Waals surface area contributed by atoms with Gasteiger partial charge in [-0.1, -0.05) is 24.6 Å². The van der Waals surface area contributed by atoms with E-state index in [1.165, 1.54) is 18.4 Å². The van der Waals surface area contributed by atoms with E-state index >= 15 is 0 Å². The predicted octanol–water partition coefficient (Wildman–Crippen LogP) is 2.11. The van der Waals surface area contributed by atoms with Crippen LogP contribution in [0.3, 0.4) is 0 Å². The smallest absolute Gasteiger partial charge is 0.244 e. The molecule has 3 rings (SSSR count). The summed E-state index contributed by atoms with van der Waals surface area (Å²) in [5.74, 6) is 0.266. The standard InChI is InChI=1S/C15H20N2O/c18-15(13-8-3-4-10-16-13)17-11-5-7-12-6-1-2-9-14(12)17/h1-2,6,9,13,16H,3-5,7-8,10-11H2. The van der Waals surface area contributed by atoms with Gasteiger partial charge in [0, 0.05) is 12.2 Å². The summed E-state index contributed by atoms with van der Waals surface area (Å²) < 4.78 is 0. The molecule has 0 saturated carbocycles. The molecule has 0 aliphatic carbocycles. The maximum atomic E-state index is 12.6. The van der Waals surface area contributed by atoms with E-state index in [0.717, 1.165) is 38.0 Å². The summed E-state index contributed by atoms with van der Waals surface area (Å²) in [5, 5.41) is 3.36. The zero-order valence-corrected chi connectivity index (χ0v) is 10.7. The lowest BCUT2D eigenvalue weighted by Crippen LogP contribution is -2.50. The number of benzene rings is 1. The zero-order chi connectivity index (χ0) is 12.4. The maximum Gasteiger partial charge on any atom is 0.244 e. The van der Waals surface area contributed by atoms with E-state index in [1.54, 1.807) is 0 Å². The van der Waals surface area contributed by atoms with E-state index in [1.807, 2.05) is 11.0 Å². The van der Waals surface area contributed by atoms with Gasteiger partial charge in [0.2, 0.25) is 5.91 Å². The molecule has 1 amide bonds. The molecule has 1 atom stereocenters. The van der Waals surface area contributed by atoms with Crippen LogP contribution in [0.2, 0.25) is 0 Å². The van der Waals surface area contributed by atoms with Gasteiger partial charge in [0.1, 0.15) is 0 Å². The molecule has 18 heavy (non-hydrogen) atoms. The fraction of sp³-hybridized carbons (Fsp3) is 0.533. The number of fused-ring (bicyclic) bond motifs is 1. The van der Waals surface area contributed by atoms with Crippen LogP contribution in [0.5, 0.6) is 0 Å². The lowest BCUT2D eigenvalue weighted by atomic mass is 9.98. The molecule has 2 aliphatic rings. The average Bonchev–Trinajstić information content (AvgIpc) is 2.47. The number of nitrogens with one attached hydrogen (secondary N) is 1. The predicted molar refractivity (Wildman–Crippen MR) is 72.8 cm³/mol. The number of aryl methyl sites for hydroxylation is 1. The van der Waals surface area contributed by atoms with Crippen molar-refractivity contribution in [2.24, 2.45) is 0 Å². The monoisotopic (exact) mass is 244 g/mol. The topological polar surface area (TPSA) is 32.3 Å². The number of hydrogen-bond donors (Lipinski definition) is 1. The van der Waals surface area contributed by atoms with Crippen LogP contribution < -0.4 is 10.2 Å². The van der Waals surface area contributed by atoms with Gasteiger partial charge in [-0.15, -0.1) is 0 Å². The Morgan fingerprint density at radius 1 is 1.22 bits per heavy atom. The number of para-hydroxylation sites is 1. The lowest BCUT2D eigenvalue weighted by molar-refractivity contribution is -0.121. The Kier molecular flexibility index (Phi) is 3.33. The Balaban J connectivity index is 1.82. The first-order chi connectivity index (χ1) is 8.86. The molecule has 1 aromatic rings. The number of piperidine rings is 1. The van der Waals surface area contributed by atoms with Crippen molar-refractivity contribution >= 4 is 11.6 Å². The molecule has 3 nitrogen and oxygen atoms in total. The molecule has 0 radical (unpaired) electrons. The fourth-order valence-corrected chi connectivity index (χ4v) is 3.01. The molecule has 3 heteroatoms. The molecule has 1 N–H and O–H groups in total. The van der Waals surface area contributed by atoms with Crippen molar-refractivity contribution in [1.29, 1.82) is 0 Å². The van der Waals surface area contributed by atoms with Crippen LogP contribution in [0.1, 0.15) is 31.2 Å². The first-order valence-corrected chi connectivity index (χ1v) is 6.99.